The quantitative estimate of drug-likeness (QED) is 0.625. The fourth-order valence-electron chi connectivity index (χ4n) is 2.64. The van der Waals surface area contributed by atoms with Gasteiger partial charge in [0.05, 0.1) is 30.5 Å². The zero-order valence-corrected chi connectivity index (χ0v) is 15.7. The highest BCUT2D eigenvalue weighted by molar-refractivity contribution is 6.32. The fraction of sp³-hybridized carbons (Fsp3) is 0.211. The van der Waals surface area contributed by atoms with Gasteiger partial charge in [0.1, 0.15) is 12.3 Å². The van der Waals surface area contributed by atoms with Crippen molar-refractivity contribution in [3.8, 4) is 11.5 Å². The van der Waals surface area contributed by atoms with Crippen molar-refractivity contribution in [2.24, 2.45) is 0 Å². The first-order valence-electron chi connectivity index (χ1n) is 8.01. The molecule has 0 saturated carbocycles. The molecule has 3 aromatic rings. The molecule has 8 heteroatoms. The Hall–Kier alpha value is -3.06. The molecule has 0 N–H and O–H groups in total. The average Bonchev–Trinajstić information content (AvgIpc) is 2.66. The number of carbonyl (C=O) groups excluding carboxylic acids is 1. The minimum atomic E-state index is -0.621. The lowest BCUT2D eigenvalue weighted by molar-refractivity contribution is 0.0467. The smallest absolute Gasteiger partial charge is 0.338 e. The molecule has 0 unspecified atom stereocenters. The van der Waals surface area contributed by atoms with Crippen molar-refractivity contribution in [2.75, 3.05) is 14.2 Å². The molecule has 7 nitrogen and oxygen atoms in total. The normalized spacial score (nSPS) is 10.7. The Balaban J connectivity index is 1.84. The number of nitrogens with zero attached hydrogens (tertiary/aromatic N) is 2. The van der Waals surface area contributed by atoms with Crippen LogP contribution in [0.4, 0.5) is 0 Å². The first kappa shape index (κ1) is 18.7. The molecule has 0 saturated heterocycles. The van der Waals surface area contributed by atoms with E-state index in [2.05, 4.69) is 4.98 Å². The Bertz CT molecular complexity index is 1080. The van der Waals surface area contributed by atoms with E-state index < -0.39 is 5.97 Å². The number of hydrogen-bond donors (Lipinski definition) is 0. The summed E-state index contributed by atoms with van der Waals surface area (Å²) < 4.78 is 17.0. The minimum Gasteiger partial charge on any atom is -0.493 e. The van der Waals surface area contributed by atoms with E-state index >= 15 is 0 Å². The number of hydrogen-bond acceptors (Lipinski definition) is 6. The van der Waals surface area contributed by atoms with Crippen molar-refractivity contribution in [3.05, 3.63) is 68.7 Å². The standard InChI is InChI=1S/C19H17ClN2O5/c1-11-5-4-6-22-16(23)9-13(21-18(11)22)10-27-19(24)12-7-14(20)17(26-3)15(8-12)25-2/h4-9H,10H2,1-3H3. The van der Waals surface area contributed by atoms with E-state index in [0.29, 0.717) is 22.8 Å². The summed E-state index contributed by atoms with van der Waals surface area (Å²) in [6, 6.07) is 7.86. The van der Waals surface area contributed by atoms with Crippen molar-refractivity contribution >= 4 is 23.2 Å². The van der Waals surface area contributed by atoms with Crippen LogP contribution in [0.2, 0.25) is 5.02 Å². The minimum absolute atomic E-state index is 0.148. The van der Waals surface area contributed by atoms with E-state index in [1.807, 2.05) is 13.0 Å². The number of aromatic nitrogens is 2. The molecule has 140 valence electrons. The Morgan fingerprint density at radius 2 is 2.00 bits per heavy atom. The number of benzene rings is 1. The van der Waals surface area contributed by atoms with Crippen LogP contribution in [-0.4, -0.2) is 29.6 Å². The maximum Gasteiger partial charge on any atom is 0.338 e. The Morgan fingerprint density at radius 3 is 2.70 bits per heavy atom. The molecule has 1 aromatic carbocycles. The summed E-state index contributed by atoms with van der Waals surface area (Å²) in [6.45, 7) is 1.70. The summed E-state index contributed by atoms with van der Waals surface area (Å²) in [5.41, 5.74) is 1.67. The number of ether oxygens (including phenoxy) is 3. The summed E-state index contributed by atoms with van der Waals surface area (Å²) in [5, 5.41) is 0.224. The molecule has 2 heterocycles. The van der Waals surface area contributed by atoms with Gasteiger partial charge in [0.15, 0.2) is 11.5 Å². The molecule has 3 rings (SSSR count). The second-order valence-corrected chi connectivity index (χ2v) is 6.15. The number of aryl methyl sites for hydroxylation is 1. The van der Waals surface area contributed by atoms with Gasteiger partial charge in [-0.05, 0) is 30.7 Å². The lowest BCUT2D eigenvalue weighted by Gasteiger charge is -2.11. The molecule has 0 atom stereocenters. The number of carbonyl (C=O) groups is 1. The zero-order valence-electron chi connectivity index (χ0n) is 15.0. The highest BCUT2D eigenvalue weighted by Crippen LogP contribution is 2.36. The van der Waals surface area contributed by atoms with Crippen molar-refractivity contribution in [3.63, 3.8) is 0 Å². The van der Waals surface area contributed by atoms with E-state index in [4.69, 9.17) is 25.8 Å². The van der Waals surface area contributed by atoms with E-state index in [1.54, 1.807) is 12.3 Å². The van der Waals surface area contributed by atoms with Gasteiger partial charge in [0.25, 0.3) is 5.56 Å². The summed E-state index contributed by atoms with van der Waals surface area (Å²) in [6.07, 6.45) is 1.64. The number of fused-ring (bicyclic) bond motifs is 1. The van der Waals surface area contributed by atoms with Crippen LogP contribution in [0.25, 0.3) is 5.65 Å². The lowest BCUT2D eigenvalue weighted by Crippen LogP contribution is -2.17. The molecule has 0 spiro atoms. The van der Waals surface area contributed by atoms with Crippen LogP contribution in [0.3, 0.4) is 0 Å². The van der Waals surface area contributed by atoms with E-state index in [1.165, 1.54) is 36.8 Å². The Labute approximate surface area is 160 Å². The highest BCUT2D eigenvalue weighted by atomic mass is 35.5. The average molecular weight is 389 g/mol. The van der Waals surface area contributed by atoms with Crippen LogP contribution in [0.1, 0.15) is 21.6 Å². The zero-order chi connectivity index (χ0) is 19.6. The van der Waals surface area contributed by atoms with Crippen LogP contribution in [-0.2, 0) is 11.3 Å². The van der Waals surface area contributed by atoms with Gasteiger partial charge in [0, 0.05) is 12.3 Å². The summed E-state index contributed by atoms with van der Waals surface area (Å²) in [5.74, 6) is 0.0229. The van der Waals surface area contributed by atoms with Gasteiger partial charge >= 0.3 is 5.97 Å². The van der Waals surface area contributed by atoms with Crippen molar-refractivity contribution in [1.29, 1.82) is 0 Å². The largest absolute Gasteiger partial charge is 0.493 e. The summed E-state index contributed by atoms with van der Waals surface area (Å²) in [4.78, 5) is 29.0. The molecule has 27 heavy (non-hydrogen) atoms. The predicted octanol–water partition coefficient (Wildman–Crippen LogP) is 3.03. The van der Waals surface area contributed by atoms with Crippen LogP contribution in [0.5, 0.6) is 11.5 Å². The third-order valence-corrected chi connectivity index (χ3v) is 4.24. The molecule has 0 aliphatic rings. The number of methoxy groups -OCH3 is 2. The van der Waals surface area contributed by atoms with Gasteiger partial charge in [0.2, 0.25) is 0 Å². The topological polar surface area (TPSA) is 79.1 Å². The van der Waals surface area contributed by atoms with Gasteiger partial charge in [-0.3, -0.25) is 9.20 Å². The summed E-state index contributed by atoms with van der Waals surface area (Å²) in [7, 11) is 2.89. The number of halogens is 1. The van der Waals surface area contributed by atoms with E-state index in [0.717, 1.165) is 5.56 Å². The molecule has 0 aliphatic carbocycles. The summed E-state index contributed by atoms with van der Waals surface area (Å²) >= 11 is 6.11. The number of esters is 1. The van der Waals surface area contributed by atoms with Crippen LogP contribution >= 0.6 is 11.6 Å². The van der Waals surface area contributed by atoms with Crippen LogP contribution in [0, 0.1) is 6.92 Å². The molecule has 0 bridgehead atoms. The van der Waals surface area contributed by atoms with Crippen molar-refractivity contribution in [2.45, 2.75) is 13.5 Å². The maximum atomic E-state index is 12.4. The van der Waals surface area contributed by atoms with Gasteiger partial charge in [-0.1, -0.05) is 17.7 Å². The van der Waals surface area contributed by atoms with Gasteiger partial charge < -0.3 is 14.2 Å². The number of rotatable bonds is 5. The molecule has 2 aromatic heterocycles. The van der Waals surface area contributed by atoms with E-state index in [-0.39, 0.29) is 22.8 Å². The fourth-order valence-corrected chi connectivity index (χ4v) is 2.93. The third-order valence-electron chi connectivity index (χ3n) is 3.96. The van der Waals surface area contributed by atoms with E-state index in [9.17, 15) is 9.59 Å². The van der Waals surface area contributed by atoms with Crippen molar-refractivity contribution in [1.82, 2.24) is 9.38 Å². The van der Waals surface area contributed by atoms with Crippen LogP contribution in [0.15, 0.2) is 41.3 Å². The second kappa shape index (κ2) is 7.67. The Morgan fingerprint density at radius 1 is 1.22 bits per heavy atom. The number of pyridine rings is 1. The second-order valence-electron chi connectivity index (χ2n) is 5.74. The maximum absolute atomic E-state index is 12.4. The predicted molar refractivity (Wildman–Crippen MR) is 99.9 cm³/mol. The van der Waals surface area contributed by atoms with Gasteiger partial charge in [-0.15, -0.1) is 0 Å². The lowest BCUT2D eigenvalue weighted by atomic mass is 10.2. The van der Waals surface area contributed by atoms with Crippen molar-refractivity contribution < 1.29 is 19.0 Å². The molecular weight excluding hydrogens is 372 g/mol. The third kappa shape index (κ3) is 3.73. The molecule has 0 radical (unpaired) electrons. The van der Waals surface area contributed by atoms with Crippen LogP contribution < -0.4 is 15.0 Å². The van der Waals surface area contributed by atoms with Gasteiger partial charge in [-0.2, -0.15) is 0 Å². The molecular formula is C19H17ClN2O5. The molecule has 0 amide bonds. The highest BCUT2D eigenvalue weighted by Gasteiger charge is 2.17. The SMILES string of the molecule is COc1cc(C(=O)OCc2cc(=O)n3cccc(C)c3n2)cc(Cl)c1OC. The first-order valence-corrected chi connectivity index (χ1v) is 8.39. The first-order chi connectivity index (χ1) is 12.9. The Kier molecular flexibility index (Phi) is 5.32. The van der Waals surface area contributed by atoms with Gasteiger partial charge in [-0.25, -0.2) is 9.78 Å². The monoisotopic (exact) mass is 388 g/mol. The molecule has 0 fully saturated rings. The molecule has 0 aliphatic heterocycles.